The lowest BCUT2D eigenvalue weighted by molar-refractivity contribution is 0.497. The van der Waals surface area contributed by atoms with Gasteiger partial charge in [0.05, 0.1) is 23.7 Å². The van der Waals surface area contributed by atoms with Gasteiger partial charge in [-0.3, -0.25) is 4.98 Å². The number of para-hydroxylation sites is 2. The van der Waals surface area contributed by atoms with Crippen LogP contribution in [0.1, 0.15) is 30.4 Å². The van der Waals surface area contributed by atoms with E-state index in [1.165, 1.54) is 31.3 Å². The molecule has 0 saturated heterocycles. The van der Waals surface area contributed by atoms with Crippen molar-refractivity contribution in [2.24, 2.45) is 0 Å². The Morgan fingerprint density at radius 2 is 1.72 bits per heavy atom. The number of rotatable bonds is 4. The minimum Gasteiger partial charge on any atom is -0.447 e. The highest BCUT2D eigenvalue weighted by molar-refractivity contribution is 7.21. The molecule has 4 aromatic carbocycles. The Morgan fingerprint density at radius 1 is 0.837 bits per heavy atom. The van der Waals surface area contributed by atoms with E-state index in [1.54, 1.807) is 22.7 Å². The van der Waals surface area contributed by atoms with E-state index in [-0.39, 0.29) is 12.1 Å². The maximum Gasteiger partial charge on any atom is 0.182 e. The zero-order valence-corrected chi connectivity index (χ0v) is 25.7. The van der Waals surface area contributed by atoms with Crippen LogP contribution < -0.4 is 14.5 Å². The highest BCUT2D eigenvalue weighted by atomic mass is 32.1. The molecule has 0 saturated carbocycles. The van der Waals surface area contributed by atoms with E-state index in [0.717, 1.165) is 37.8 Å². The number of hydrogen-bond donors (Lipinski definition) is 0. The van der Waals surface area contributed by atoms with Crippen molar-refractivity contribution in [3.8, 4) is 22.1 Å². The van der Waals surface area contributed by atoms with Crippen molar-refractivity contribution in [3.63, 3.8) is 0 Å². The minimum absolute atomic E-state index is 0.00722. The summed E-state index contributed by atoms with van der Waals surface area (Å²) in [7, 11) is 0. The normalized spacial score (nSPS) is 14.7. The lowest BCUT2D eigenvalue weighted by atomic mass is 9.86. The van der Waals surface area contributed by atoms with Gasteiger partial charge in [-0.15, -0.1) is 11.3 Å². The molecule has 212 valence electrons. The molecule has 8 rings (SSSR count). The smallest absolute Gasteiger partial charge is 0.182 e. The van der Waals surface area contributed by atoms with E-state index in [2.05, 4.69) is 68.6 Å². The van der Waals surface area contributed by atoms with Gasteiger partial charge in [-0.25, -0.2) is 0 Å². The molecule has 7 aromatic rings. The van der Waals surface area contributed by atoms with Gasteiger partial charge in [0.15, 0.2) is 5.06 Å². The van der Waals surface area contributed by atoms with Crippen LogP contribution in [0.15, 0.2) is 103 Å². The number of benzene rings is 4. The Balaban J connectivity index is 1.22. The molecule has 0 radical (unpaired) electrons. The number of pyridine rings is 1. The first kappa shape index (κ1) is 23.1. The number of fused-ring (bicyclic) bond motifs is 4. The summed E-state index contributed by atoms with van der Waals surface area (Å²) in [5, 5.41) is 7.64. The molecule has 6 heteroatoms. The highest BCUT2D eigenvalue weighted by Crippen LogP contribution is 2.46. The van der Waals surface area contributed by atoms with Crippen LogP contribution in [0.4, 0.5) is 17.1 Å². The Labute approximate surface area is 263 Å². The Bertz CT molecular complexity index is 2280. The molecule has 0 amide bonds. The van der Waals surface area contributed by atoms with Gasteiger partial charge in [0.1, 0.15) is 5.75 Å². The third kappa shape index (κ3) is 4.53. The van der Waals surface area contributed by atoms with Crippen molar-refractivity contribution in [2.75, 3.05) is 23.4 Å². The monoisotopic (exact) mass is 600 g/mol. The zero-order valence-electron chi connectivity index (χ0n) is 27.1. The molecule has 0 bridgehead atoms. The van der Waals surface area contributed by atoms with Crippen LogP contribution in [0, 0.1) is 0 Å². The molecule has 0 aliphatic carbocycles. The summed E-state index contributed by atoms with van der Waals surface area (Å²) in [6.07, 6.45) is 1.92. The average molecular weight is 601 g/mol. The molecular weight excluding hydrogens is 567 g/mol. The molecule has 3 aromatic heterocycles. The van der Waals surface area contributed by atoms with Gasteiger partial charge < -0.3 is 14.5 Å². The number of ether oxygens (including phenoxy) is 1. The number of thiophene rings is 2. The minimum atomic E-state index is -2.24. The molecule has 1 aliphatic heterocycles. The van der Waals surface area contributed by atoms with Crippen LogP contribution in [0.25, 0.3) is 42.2 Å². The number of aromatic nitrogens is 1. The van der Waals surface area contributed by atoms with Crippen molar-refractivity contribution in [2.45, 2.75) is 26.2 Å². The number of nitrogens with zero attached hydrogens (tertiary/aromatic N) is 3. The van der Waals surface area contributed by atoms with Gasteiger partial charge in [-0.1, -0.05) is 50.3 Å². The van der Waals surface area contributed by atoms with Gasteiger partial charge in [0, 0.05) is 55.5 Å². The van der Waals surface area contributed by atoms with E-state index in [9.17, 15) is 0 Å². The molecule has 1 aliphatic rings. The fourth-order valence-electron chi connectivity index (χ4n) is 5.96. The lowest BCUT2D eigenvalue weighted by Crippen LogP contribution is -2.23. The largest absolute Gasteiger partial charge is 0.447 e. The highest BCUT2D eigenvalue weighted by Gasteiger charge is 2.24. The predicted octanol–water partition coefficient (Wildman–Crippen LogP) is 11.0. The third-order valence-electron chi connectivity index (χ3n) is 8.16. The third-order valence-corrected chi connectivity index (χ3v) is 10.0. The van der Waals surface area contributed by atoms with E-state index in [0.29, 0.717) is 11.4 Å². The van der Waals surface area contributed by atoms with Gasteiger partial charge in [0.2, 0.25) is 0 Å². The van der Waals surface area contributed by atoms with Crippen molar-refractivity contribution in [1.82, 2.24) is 4.98 Å². The van der Waals surface area contributed by atoms with Gasteiger partial charge in [0.25, 0.3) is 0 Å². The SMILES string of the molecule is [2H]C([2H])([2H])N1CN(c2cccc(Oc3cc4c(-c5cc(C(C)(C)C)ccn5)c5cc6sccc6cc5cc4s3)c2)c2ccccc21. The fraction of sp³-hybridized carbons (Fsp3) is 0.162. The van der Waals surface area contributed by atoms with Gasteiger partial charge in [-0.05, 0) is 93.2 Å². The van der Waals surface area contributed by atoms with Crippen LogP contribution >= 0.6 is 22.7 Å². The van der Waals surface area contributed by atoms with Gasteiger partial charge in [-0.2, -0.15) is 0 Å². The number of anilines is 3. The first-order chi connectivity index (χ1) is 22.0. The van der Waals surface area contributed by atoms with Crippen LogP contribution in [-0.4, -0.2) is 18.6 Å². The van der Waals surface area contributed by atoms with Crippen molar-refractivity contribution in [1.29, 1.82) is 0 Å². The van der Waals surface area contributed by atoms with E-state index >= 15 is 0 Å². The van der Waals surface area contributed by atoms with Crippen molar-refractivity contribution >= 4 is 70.7 Å². The second-order valence-corrected chi connectivity index (χ2v) is 14.0. The molecule has 0 spiro atoms. The summed E-state index contributed by atoms with van der Waals surface area (Å²) >= 11 is 3.37. The average Bonchev–Trinajstić information content (AvgIpc) is 3.75. The standard InChI is InChI=1S/C37H31N3OS2/c1-37(2,3)25-12-14-38-30(18-25)36-28-20-33-23(13-15-42-33)16-24(28)17-34-29(36)21-35(43-34)41-27-9-7-8-26(19-27)40-22-39(4)31-10-5-6-11-32(31)40/h5-21H,22H2,1-4H3/i4D3. The molecule has 4 heterocycles. The molecule has 0 fully saturated rings. The first-order valence-corrected chi connectivity index (χ1v) is 16.0. The predicted molar refractivity (Wildman–Crippen MR) is 185 cm³/mol. The summed E-state index contributed by atoms with van der Waals surface area (Å²) in [6, 6.07) is 31.0. The second-order valence-electron chi connectivity index (χ2n) is 12.0. The summed E-state index contributed by atoms with van der Waals surface area (Å²) in [4.78, 5) is 8.38. The van der Waals surface area contributed by atoms with Crippen LogP contribution in [0.5, 0.6) is 10.8 Å². The summed E-state index contributed by atoms with van der Waals surface area (Å²) in [5.41, 5.74) is 5.73. The molecule has 4 nitrogen and oxygen atoms in total. The van der Waals surface area contributed by atoms with Crippen LogP contribution in [-0.2, 0) is 5.41 Å². The fourth-order valence-corrected chi connectivity index (χ4v) is 7.76. The van der Waals surface area contributed by atoms with Crippen LogP contribution in [0.2, 0.25) is 0 Å². The lowest BCUT2D eigenvalue weighted by Gasteiger charge is -2.20. The molecule has 0 unspecified atom stereocenters. The number of hydrogen-bond acceptors (Lipinski definition) is 6. The maximum atomic E-state index is 8.07. The maximum absolute atomic E-state index is 8.07. The quantitative estimate of drug-likeness (QED) is 0.201. The molecular formula is C37H31N3OS2. The first-order valence-electron chi connectivity index (χ1n) is 15.8. The Hall–Kier alpha value is -4.39. The van der Waals surface area contributed by atoms with Gasteiger partial charge >= 0.3 is 0 Å². The Morgan fingerprint density at radius 3 is 2.58 bits per heavy atom. The molecule has 0 N–H and O–H groups in total. The molecule has 43 heavy (non-hydrogen) atoms. The summed E-state index contributed by atoms with van der Waals surface area (Å²) in [5.74, 6) is 0.688. The topological polar surface area (TPSA) is 28.6 Å². The summed E-state index contributed by atoms with van der Waals surface area (Å²) in [6.45, 7) is 4.67. The molecule has 0 atom stereocenters. The Kier molecular flexibility index (Phi) is 5.28. The van der Waals surface area contributed by atoms with Crippen LogP contribution in [0.3, 0.4) is 0 Å². The summed E-state index contributed by atoms with van der Waals surface area (Å²) < 4.78 is 33.1. The van der Waals surface area contributed by atoms with E-state index in [4.69, 9.17) is 13.8 Å². The zero-order chi connectivity index (χ0) is 31.8. The van der Waals surface area contributed by atoms with Crippen molar-refractivity contribution < 1.29 is 8.85 Å². The second kappa shape index (κ2) is 9.83. The van der Waals surface area contributed by atoms with Crippen molar-refractivity contribution in [3.05, 3.63) is 108 Å². The van der Waals surface area contributed by atoms with E-state index in [1.807, 2.05) is 59.6 Å². The van der Waals surface area contributed by atoms with E-state index < -0.39 is 6.98 Å².